The molecule has 1 saturated heterocycles. The van der Waals surface area contributed by atoms with E-state index >= 15 is 0 Å². The molecule has 1 fully saturated rings. The molecule has 2 unspecified atom stereocenters. The molecule has 2 heterocycles. The highest BCUT2D eigenvalue weighted by molar-refractivity contribution is 7.13. The summed E-state index contributed by atoms with van der Waals surface area (Å²) < 4.78 is 2.26. The molecule has 2 atom stereocenters. The normalized spacial score (nSPS) is 26.1. The maximum absolute atomic E-state index is 4.24. The van der Waals surface area contributed by atoms with Gasteiger partial charge in [0.2, 0.25) is 0 Å². The van der Waals surface area contributed by atoms with E-state index in [1.807, 2.05) is 12.4 Å². The minimum Gasteiger partial charge on any atom is -0.347 e. The molecule has 0 radical (unpaired) electrons. The highest BCUT2D eigenvalue weighted by Crippen LogP contribution is 2.31. The van der Waals surface area contributed by atoms with Crippen LogP contribution in [0, 0.1) is 0 Å². The van der Waals surface area contributed by atoms with Gasteiger partial charge in [-0.3, -0.25) is 4.67 Å². The van der Waals surface area contributed by atoms with Gasteiger partial charge in [-0.05, 0) is 12.8 Å². The number of imidazole rings is 1. The summed E-state index contributed by atoms with van der Waals surface area (Å²) in [6, 6.07) is 0.495. The van der Waals surface area contributed by atoms with Crippen molar-refractivity contribution in [3.63, 3.8) is 0 Å². The fourth-order valence-electron chi connectivity index (χ4n) is 1.54. The third-order valence-electron chi connectivity index (χ3n) is 2.13. The molecule has 1 aromatic rings. The Bertz CT molecular complexity index is 222. The van der Waals surface area contributed by atoms with E-state index in [9.17, 15) is 0 Å². The first-order valence-corrected chi connectivity index (χ1v) is 4.40. The molecule has 1 aliphatic rings. The topological polar surface area (TPSA) is 31.9 Å². The van der Waals surface area contributed by atoms with Crippen molar-refractivity contribution in [2.24, 2.45) is 0 Å². The van der Waals surface area contributed by atoms with E-state index in [0.29, 0.717) is 6.04 Å². The van der Waals surface area contributed by atoms with Gasteiger partial charge >= 0.3 is 0 Å². The average molecular weight is 169 g/mol. The maximum atomic E-state index is 4.24. The molecule has 0 bridgehead atoms. The van der Waals surface area contributed by atoms with Crippen LogP contribution in [0.5, 0.6) is 0 Å². The predicted octanol–water partition coefficient (Wildman–Crippen LogP) is 1.34. The molecule has 0 aromatic carbocycles. The van der Waals surface area contributed by atoms with Gasteiger partial charge in [0.25, 0.3) is 0 Å². The molecule has 0 saturated carbocycles. The molecule has 1 aromatic heterocycles. The maximum Gasteiger partial charge on any atom is 0.123 e. The minimum atomic E-state index is 0.495. The summed E-state index contributed by atoms with van der Waals surface area (Å²) in [6.45, 7) is 1.16. The summed E-state index contributed by atoms with van der Waals surface area (Å²) in [5.41, 5.74) is 0. The lowest BCUT2D eigenvalue weighted by Gasteiger charge is -2.15. The smallest absolute Gasteiger partial charge is 0.123 e. The van der Waals surface area contributed by atoms with E-state index in [2.05, 4.69) is 24.0 Å². The summed E-state index contributed by atoms with van der Waals surface area (Å²) in [6.07, 6.45) is 6.18. The molecule has 2 rings (SSSR count). The number of nitrogens with one attached hydrogen (secondary N) is 1. The van der Waals surface area contributed by atoms with Crippen LogP contribution in [0.15, 0.2) is 12.4 Å². The third-order valence-corrected chi connectivity index (χ3v) is 2.75. The van der Waals surface area contributed by atoms with Gasteiger partial charge in [-0.2, -0.15) is 0 Å². The number of aromatic amines is 1. The first kappa shape index (κ1) is 7.26. The number of hydrogen-bond donors (Lipinski definition) is 1. The Kier molecular flexibility index (Phi) is 1.93. The molecule has 11 heavy (non-hydrogen) atoms. The van der Waals surface area contributed by atoms with Crippen LogP contribution in [-0.4, -0.2) is 21.2 Å². The quantitative estimate of drug-likeness (QED) is 0.643. The minimum absolute atomic E-state index is 0.495. The Labute approximate surface area is 68.5 Å². The second kappa shape index (κ2) is 2.92. The Balaban J connectivity index is 2.16. The Morgan fingerprint density at radius 3 is 3.18 bits per heavy atom. The summed E-state index contributed by atoms with van der Waals surface area (Å²) in [5, 5.41) is 0. The van der Waals surface area contributed by atoms with Crippen LogP contribution in [0.4, 0.5) is 0 Å². The monoisotopic (exact) mass is 169 g/mol. The third kappa shape index (κ3) is 1.31. The molecule has 3 nitrogen and oxygen atoms in total. The molecule has 0 amide bonds. The lowest BCUT2D eigenvalue weighted by molar-refractivity contribution is 0.434. The van der Waals surface area contributed by atoms with Crippen molar-refractivity contribution in [2.45, 2.75) is 18.9 Å². The highest BCUT2D eigenvalue weighted by atomic mass is 31.0. The molecular weight excluding hydrogens is 157 g/mol. The van der Waals surface area contributed by atoms with Crippen LogP contribution < -0.4 is 0 Å². The zero-order valence-electron chi connectivity index (χ0n) is 6.33. The lowest BCUT2D eigenvalue weighted by Crippen LogP contribution is -2.11. The molecule has 0 aliphatic carbocycles. The second-order valence-electron chi connectivity index (χ2n) is 2.87. The van der Waals surface area contributed by atoms with Gasteiger partial charge in [0.1, 0.15) is 5.82 Å². The number of nitrogens with zero attached hydrogens (tertiary/aromatic N) is 2. The van der Waals surface area contributed by atoms with E-state index in [1.54, 1.807) is 0 Å². The SMILES string of the molecule is PN1CCCC1c1ncc[nH]1. The first-order chi connectivity index (χ1) is 5.38. The van der Waals surface area contributed by atoms with E-state index in [-0.39, 0.29) is 0 Å². The van der Waals surface area contributed by atoms with Gasteiger partial charge in [-0.25, -0.2) is 4.98 Å². The lowest BCUT2D eigenvalue weighted by atomic mass is 10.2. The van der Waals surface area contributed by atoms with Crippen molar-refractivity contribution >= 4 is 9.39 Å². The van der Waals surface area contributed by atoms with Crippen LogP contribution >= 0.6 is 9.39 Å². The fraction of sp³-hybridized carbons (Fsp3) is 0.571. The molecule has 1 N–H and O–H groups in total. The molecule has 1 aliphatic heterocycles. The average Bonchev–Trinajstić information content (AvgIpc) is 2.55. The van der Waals surface area contributed by atoms with Crippen molar-refractivity contribution in [1.82, 2.24) is 14.6 Å². The first-order valence-electron chi connectivity index (χ1n) is 3.88. The van der Waals surface area contributed by atoms with Gasteiger partial charge in [-0.1, -0.05) is 9.39 Å². The molecule has 60 valence electrons. The summed E-state index contributed by atoms with van der Waals surface area (Å²) in [5.74, 6) is 1.09. The highest BCUT2D eigenvalue weighted by Gasteiger charge is 2.24. The van der Waals surface area contributed by atoms with Crippen LogP contribution in [0.3, 0.4) is 0 Å². The number of rotatable bonds is 1. The molecule has 0 spiro atoms. The van der Waals surface area contributed by atoms with Crippen LogP contribution in [-0.2, 0) is 0 Å². The Morgan fingerprint density at radius 2 is 2.64 bits per heavy atom. The van der Waals surface area contributed by atoms with Gasteiger partial charge in [0, 0.05) is 18.9 Å². The molecular formula is C7H12N3P. The fourth-order valence-corrected chi connectivity index (χ4v) is 2.02. The van der Waals surface area contributed by atoms with E-state index < -0.39 is 0 Å². The molecule has 4 heteroatoms. The van der Waals surface area contributed by atoms with E-state index in [1.165, 1.54) is 12.8 Å². The van der Waals surface area contributed by atoms with Crippen LogP contribution in [0.25, 0.3) is 0 Å². The van der Waals surface area contributed by atoms with Crippen LogP contribution in [0.1, 0.15) is 24.7 Å². The zero-order valence-corrected chi connectivity index (χ0v) is 7.48. The number of hydrogen-bond acceptors (Lipinski definition) is 2. The second-order valence-corrected chi connectivity index (χ2v) is 3.53. The van der Waals surface area contributed by atoms with Crippen LogP contribution in [0.2, 0.25) is 0 Å². The Morgan fingerprint density at radius 1 is 1.73 bits per heavy atom. The van der Waals surface area contributed by atoms with Gasteiger partial charge in [0.15, 0.2) is 0 Å². The van der Waals surface area contributed by atoms with E-state index in [4.69, 9.17) is 0 Å². The van der Waals surface area contributed by atoms with Gasteiger partial charge in [-0.15, -0.1) is 0 Å². The van der Waals surface area contributed by atoms with Gasteiger partial charge < -0.3 is 4.98 Å². The summed E-state index contributed by atoms with van der Waals surface area (Å²) in [4.78, 5) is 7.38. The van der Waals surface area contributed by atoms with Gasteiger partial charge in [0.05, 0.1) is 6.04 Å². The van der Waals surface area contributed by atoms with Crippen molar-refractivity contribution in [1.29, 1.82) is 0 Å². The van der Waals surface area contributed by atoms with Crippen molar-refractivity contribution in [2.75, 3.05) is 6.54 Å². The number of aromatic nitrogens is 2. The standard InChI is InChI=1S/C7H12N3P/c11-10-5-1-2-6(10)7-8-3-4-9-7/h3-4,6H,1-2,5,11H2,(H,8,9). The van der Waals surface area contributed by atoms with Crippen molar-refractivity contribution < 1.29 is 0 Å². The Hall–Kier alpha value is -0.400. The van der Waals surface area contributed by atoms with Crippen molar-refractivity contribution in [3.8, 4) is 0 Å². The van der Waals surface area contributed by atoms with Crippen molar-refractivity contribution in [3.05, 3.63) is 18.2 Å². The largest absolute Gasteiger partial charge is 0.347 e. The zero-order chi connectivity index (χ0) is 7.68. The number of H-pyrrole nitrogens is 1. The van der Waals surface area contributed by atoms with E-state index in [0.717, 1.165) is 12.4 Å². The predicted molar refractivity (Wildman–Crippen MR) is 47.0 cm³/mol. The summed E-state index contributed by atoms with van der Waals surface area (Å²) >= 11 is 0. The summed E-state index contributed by atoms with van der Waals surface area (Å²) in [7, 11) is 2.75.